The summed E-state index contributed by atoms with van der Waals surface area (Å²) in [6.45, 7) is 0.357. The highest BCUT2D eigenvalue weighted by atomic mass is 35.5. The Kier molecular flexibility index (Phi) is 6.04. The third-order valence-electron chi connectivity index (χ3n) is 5.64. The second-order valence-electron chi connectivity index (χ2n) is 7.91. The molecule has 1 aliphatic rings. The van der Waals surface area contributed by atoms with Gasteiger partial charge in [-0.05, 0) is 52.2 Å². The number of fused-ring (bicyclic) bond motifs is 1. The molecule has 0 aliphatic carbocycles. The van der Waals surface area contributed by atoms with Crippen molar-refractivity contribution in [3.63, 3.8) is 0 Å². The Morgan fingerprint density at radius 2 is 1.60 bits per heavy atom. The van der Waals surface area contributed by atoms with Gasteiger partial charge in [-0.2, -0.15) is 0 Å². The number of halogens is 1. The number of carbonyl (C=O) groups excluding carboxylic acids is 3. The van der Waals surface area contributed by atoms with Gasteiger partial charge in [-0.3, -0.25) is 14.9 Å². The van der Waals surface area contributed by atoms with Crippen LogP contribution in [0.3, 0.4) is 0 Å². The molecule has 5 rings (SSSR count). The first kappa shape index (κ1) is 22.4. The lowest BCUT2D eigenvalue weighted by molar-refractivity contribution is -0.122. The van der Waals surface area contributed by atoms with E-state index in [0.717, 1.165) is 21.2 Å². The molecule has 0 atom stereocenters. The van der Waals surface area contributed by atoms with E-state index in [1.54, 1.807) is 42.5 Å². The summed E-state index contributed by atoms with van der Waals surface area (Å²) in [5.41, 5.74) is 1.63. The predicted molar refractivity (Wildman–Crippen MR) is 135 cm³/mol. The first-order valence-corrected chi connectivity index (χ1v) is 11.2. The third kappa shape index (κ3) is 4.52. The zero-order chi connectivity index (χ0) is 24.4. The number of ether oxygens (including phenoxy) is 1. The molecule has 1 fully saturated rings. The minimum absolute atomic E-state index is 0.185. The number of imide groups is 2. The molecule has 4 aromatic carbocycles. The largest absolute Gasteiger partial charge is 0.489 e. The lowest BCUT2D eigenvalue weighted by Gasteiger charge is -2.27. The highest BCUT2D eigenvalue weighted by molar-refractivity contribution is 6.42. The molecule has 0 saturated carbocycles. The second-order valence-corrected chi connectivity index (χ2v) is 8.32. The van der Waals surface area contributed by atoms with E-state index in [4.69, 9.17) is 16.3 Å². The van der Waals surface area contributed by atoms with E-state index >= 15 is 0 Å². The van der Waals surface area contributed by atoms with Crippen molar-refractivity contribution < 1.29 is 19.1 Å². The molecular formula is C28H19ClN2O4. The Morgan fingerprint density at radius 3 is 2.46 bits per heavy atom. The Labute approximate surface area is 206 Å². The van der Waals surface area contributed by atoms with Gasteiger partial charge in [0.1, 0.15) is 17.9 Å². The van der Waals surface area contributed by atoms with E-state index in [1.807, 2.05) is 30.3 Å². The van der Waals surface area contributed by atoms with Crippen molar-refractivity contribution in [2.75, 3.05) is 4.90 Å². The van der Waals surface area contributed by atoms with Gasteiger partial charge in [-0.15, -0.1) is 0 Å². The summed E-state index contributed by atoms with van der Waals surface area (Å²) < 4.78 is 6.01. The van der Waals surface area contributed by atoms with Gasteiger partial charge in [0.25, 0.3) is 11.8 Å². The molecule has 35 heavy (non-hydrogen) atoms. The number of hydrogen-bond acceptors (Lipinski definition) is 4. The number of para-hydroxylation sites is 1. The van der Waals surface area contributed by atoms with Crippen molar-refractivity contribution in [1.82, 2.24) is 5.32 Å². The van der Waals surface area contributed by atoms with Gasteiger partial charge in [0, 0.05) is 0 Å². The van der Waals surface area contributed by atoms with Crippen LogP contribution in [-0.2, 0) is 16.2 Å². The van der Waals surface area contributed by atoms with E-state index in [9.17, 15) is 14.4 Å². The van der Waals surface area contributed by atoms with Crippen molar-refractivity contribution >= 4 is 52.0 Å². The molecular weight excluding hydrogens is 464 g/mol. The number of carbonyl (C=O) groups is 3. The van der Waals surface area contributed by atoms with Crippen LogP contribution in [0.2, 0.25) is 5.02 Å². The maximum absolute atomic E-state index is 13.1. The van der Waals surface area contributed by atoms with Gasteiger partial charge < -0.3 is 4.74 Å². The first-order valence-electron chi connectivity index (χ1n) is 10.9. The Bertz CT molecular complexity index is 1510. The molecule has 1 heterocycles. The number of rotatable bonds is 5. The van der Waals surface area contributed by atoms with E-state index in [0.29, 0.717) is 17.9 Å². The normalized spacial score (nSPS) is 14.9. The summed E-state index contributed by atoms with van der Waals surface area (Å²) in [6, 6.07) is 26.8. The summed E-state index contributed by atoms with van der Waals surface area (Å²) in [4.78, 5) is 38.9. The van der Waals surface area contributed by atoms with Crippen LogP contribution in [0.15, 0.2) is 96.6 Å². The molecule has 4 aromatic rings. The molecule has 0 unspecified atom stereocenters. The van der Waals surface area contributed by atoms with Crippen molar-refractivity contribution in [3.8, 4) is 5.75 Å². The van der Waals surface area contributed by atoms with E-state index in [-0.39, 0.29) is 16.3 Å². The number of amides is 4. The molecule has 7 heteroatoms. The van der Waals surface area contributed by atoms with Crippen molar-refractivity contribution in [2.24, 2.45) is 0 Å². The van der Waals surface area contributed by atoms with E-state index in [2.05, 4.69) is 17.4 Å². The van der Waals surface area contributed by atoms with Crippen LogP contribution < -0.4 is 15.0 Å². The smallest absolute Gasteiger partial charge is 0.335 e. The minimum atomic E-state index is -0.850. The number of nitrogens with zero attached hydrogens (tertiary/aromatic N) is 1. The average Bonchev–Trinajstić information content (AvgIpc) is 2.86. The molecule has 172 valence electrons. The van der Waals surface area contributed by atoms with Gasteiger partial charge in [-0.25, -0.2) is 9.69 Å². The summed E-state index contributed by atoms with van der Waals surface area (Å²) in [5, 5.41) is 4.66. The number of nitrogens with one attached hydrogen (secondary N) is 1. The van der Waals surface area contributed by atoms with Gasteiger partial charge >= 0.3 is 6.03 Å². The van der Waals surface area contributed by atoms with Crippen LogP contribution in [0.1, 0.15) is 11.1 Å². The monoisotopic (exact) mass is 482 g/mol. The van der Waals surface area contributed by atoms with Gasteiger partial charge in [-0.1, -0.05) is 78.3 Å². The minimum Gasteiger partial charge on any atom is -0.489 e. The SMILES string of the molecule is O=C1NC(=O)N(c2ccccc2Cl)C(=O)/C1=C\c1cccc(OCc2cccc3ccccc23)c1. The Balaban J connectivity index is 1.40. The van der Waals surface area contributed by atoms with Crippen LogP contribution in [0, 0.1) is 0 Å². The maximum atomic E-state index is 13.1. The molecule has 0 bridgehead atoms. The number of benzene rings is 4. The summed E-state index contributed by atoms with van der Waals surface area (Å²) >= 11 is 6.18. The molecule has 0 aromatic heterocycles. The highest BCUT2D eigenvalue weighted by Gasteiger charge is 2.37. The summed E-state index contributed by atoms with van der Waals surface area (Å²) in [5.74, 6) is -0.950. The van der Waals surface area contributed by atoms with Gasteiger partial charge in [0.2, 0.25) is 0 Å². The van der Waals surface area contributed by atoms with Gasteiger partial charge in [0.05, 0.1) is 10.7 Å². The fraction of sp³-hybridized carbons (Fsp3) is 0.0357. The number of urea groups is 1. The topological polar surface area (TPSA) is 75.7 Å². The fourth-order valence-electron chi connectivity index (χ4n) is 3.95. The van der Waals surface area contributed by atoms with Crippen LogP contribution in [-0.4, -0.2) is 17.8 Å². The fourth-order valence-corrected chi connectivity index (χ4v) is 4.17. The van der Waals surface area contributed by atoms with Gasteiger partial charge in [0.15, 0.2) is 0 Å². The lowest BCUT2D eigenvalue weighted by atomic mass is 10.1. The van der Waals surface area contributed by atoms with Crippen LogP contribution in [0.5, 0.6) is 5.75 Å². The van der Waals surface area contributed by atoms with Crippen molar-refractivity contribution in [2.45, 2.75) is 6.61 Å². The summed E-state index contributed by atoms with van der Waals surface area (Å²) in [7, 11) is 0. The predicted octanol–water partition coefficient (Wildman–Crippen LogP) is 5.74. The molecule has 1 N–H and O–H groups in total. The highest BCUT2D eigenvalue weighted by Crippen LogP contribution is 2.29. The zero-order valence-electron chi connectivity index (χ0n) is 18.4. The summed E-state index contributed by atoms with van der Waals surface area (Å²) in [6.07, 6.45) is 1.43. The molecule has 1 aliphatic heterocycles. The van der Waals surface area contributed by atoms with Crippen molar-refractivity contribution in [3.05, 3.63) is 113 Å². The number of anilines is 1. The molecule has 4 amide bonds. The molecule has 0 spiro atoms. The zero-order valence-corrected chi connectivity index (χ0v) is 19.2. The average molecular weight is 483 g/mol. The van der Waals surface area contributed by atoms with Crippen LogP contribution in [0.4, 0.5) is 10.5 Å². The number of barbiturate groups is 1. The van der Waals surface area contributed by atoms with E-state index in [1.165, 1.54) is 12.1 Å². The number of hydrogen-bond donors (Lipinski definition) is 1. The Hall–Kier alpha value is -4.42. The quantitative estimate of drug-likeness (QED) is 0.291. The molecule has 6 nitrogen and oxygen atoms in total. The van der Waals surface area contributed by atoms with Crippen molar-refractivity contribution in [1.29, 1.82) is 0 Å². The second kappa shape index (κ2) is 9.44. The van der Waals surface area contributed by atoms with Crippen LogP contribution in [0.25, 0.3) is 16.8 Å². The first-order chi connectivity index (χ1) is 17.0. The third-order valence-corrected chi connectivity index (χ3v) is 5.96. The Morgan fingerprint density at radius 1 is 0.857 bits per heavy atom. The lowest BCUT2D eigenvalue weighted by Crippen LogP contribution is -2.54. The maximum Gasteiger partial charge on any atom is 0.335 e. The molecule has 0 radical (unpaired) electrons. The van der Waals surface area contributed by atoms with Crippen LogP contribution >= 0.6 is 11.6 Å². The molecule has 1 saturated heterocycles. The standard InChI is InChI=1S/C28H19ClN2O4/c29-24-13-3-4-14-25(24)31-27(33)23(26(32)30-28(31)34)16-18-7-5-11-21(15-18)35-17-20-10-6-9-19-8-1-2-12-22(19)20/h1-16H,17H2,(H,30,32,34)/b23-16-. The van der Waals surface area contributed by atoms with E-state index < -0.39 is 17.8 Å².